The van der Waals surface area contributed by atoms with Crippen LogP contribution in [0.3, 0.4) is 0 Å². The highest BCUT2D eigenvalue weighted by Crippen LogP contribution is 2.36. The number of carbonyl (C=O) groups is 1. The highest BCUT2D eigenvalue weighted by atomic mass is 19.4. The Morgan fingerprint density at radius 1 is 1.14 bits per heavy atom. The molecule has 0 saturated heterocycles. The Hall–Kier alpha value is -1.99. The molecule has 0 aliphatic heterocycles. The van der Waals surface area contributed by atoms with Crippen LogP contribution >= 0.6 is 0 Å². The molecule has 2 nitrogen and oxygen atoms in total. The Kier molecular flexibility index (Phi) is 5.03. The molecule has 0 saturated carbocycles. The van der Waals surface area contributed by atoms with Gasteiger partial charge < -0.3 is 4.74 Å². The third-order valence-corrected chi connectivity index (χ3v) is 2.37. The van der Waals surface area contributed by atoms with E-state index in [1.807, 2.05) is 0 Å². The standard InChI is InChI=1S/C13H10F6O2/c1-2-21-11(20)6-3-8-7-9(12(14,15)16)4-5-10(8)13(17,18)19/h3-7H,2H2,1H3/b6-3+. The highest BCUT2D eigenvalue weighted by molar-refractivity contribution is 5.87. The maximum absolute atomic E-state index is 12.7. The zero-order valence-electron chi connectivity index (χ0n) is 10.7. The van der Waals surface area contributed by atoms with Crippen LogP contribution in [0.15, 0.2) is 24.3 Å². The summed E-state index contributed by atoms with van der Waals surface area (Å²) < 4.78 is 80.2. The third-order valence-electron chi connectivity index (χ3n) is 2.37. The van der Waals surface area contributed by atoms with Crippen molar-refractivity contribution in [2.75, 3.05) is 6.61 Å². The van der Waals surface area contributed by atoms with Crippen LogP contribution in [0.2, 0.25) is 0 Å². The molecule has 0 aliphatic carbocycles. The van der Waals surface area contributed by atoms with Gasteiger partial charge in [0.15, 0.2) is 0 Å². The smallest absolute Gasteiger partial charge is 0.416 e. The molecule has 116 valence electrons. The summed E-state index contributed by atoms with van der Waals surface area (Å²) in [6.07, 6.45) is -8.32. The van der Waals surface area contributed by atoms with Gasteiger partial charge in [-0.2, -0.15) is 26.3 Å². The van der Waals surface area contributed by atoms with Gasteiger partial charge in [0.25, 0.3) is 0 Å². The molecular formula is C13H10F6O2. The third kappa shape index (κ3) is 4.80. The van der Waals surface area contributed by atoms with Crippen molar-refractivity contribution < 1.29 is 35.9 Å². The minimum absolute atomic E-state index is 0.00209. The summed E-state index contributed by atoms with van der Waals surface area (Å²) in [7, 11) is 0. The average Bonchev–Trinajstić information content (AvgIpc) is 2.34. The normalized spacial score (nSPS) is 12.7. The summed E-state index contributed by atoms with van der Waals surface area (Å²) in [5.41, 5.74) is -3.26. The van der Waals surface area contributed by atoms with E-state index < -0.39 is 35.0 Å². The van der Waals surface area contributed by atoms with Gasteiger partial charge in [0.1, 0.15) is 0 Å². The predicted octanol–water partition coefficient (Wildman–Crippen LogP) is 4.30. The van der Waals surface area contributed by atoms with E-state index in [1.165, 1.54) is 6.92 Å². The van der Waals surface area contributed by atoms with Crippen LogP contribution in [0.5, 0.6) is 0 Å². The van der Waals surface area contributed by atoms with E-state index in [4.69, 9.17) is 0 Å². The molecule has 0 unspecified atom stereocenters. The summed E-state index contributed by atoms with van der Waals surface area (Å²) >= 11 is 0. The second-order valence-electron chi connectivity index (χ2n) is 3.88. The van der Waals surface area contributed by atoms with E-state index in [9.17, 15) is 31.1 Å². The summed E-state index contributed by atoms with van der Waals surface area (Å²) in [5, 5.41) is 0. The Labute approximate surface area is 116 Å². The molecule has 0 atom stereocenters. The Morgan fingerprint density at radius 3 is 2.24 bits per heavy atom. The lowest BCUT2D eigenvalue weighted by molar-refractivity contribution is -0.141. The molecule has 0 spiro atoms. The first-order chi connectivity index (χ1) is 9.55. The van der Waals surface area contributed by atoms with Gasteiger partial charge in [-0.3, -0.25) is 0 Å². The Morgan fingerprint density at radius 2 is 1.76 bits per heavy atom. The number of ether oxygens (including phenoxy) is 1. The highest BCUT2D eigenvalue weighted by Gasteiger charge is 2.36. The maximum Gasteiger partial charge on any atom is 0.416 e. The van der Waals surface area contributed by atoms with Gasteiger partial charge in [-0.05, 0) is 36.8 Å². The summed E-state index contributed by atoms with van der Waals surface area (Å²) in [6.45, 7) is 1.48. The molecular weight excluding hydrogens is 302 g/mol. The van der Waals surface area contributed by atoms with E-state index >= 15 is 0 Å². The molecule has 8 heteroatoms. The van der Waals surface area contributed by atoms with E-state index in [-0.39, 0.29) is 6.61 Å². The molecule has 0 radical (unpaired) electrons. The minimum Gasteiger partial charge on any atom is -0.463 e. The first kappa shape index (κ1) is 17.1. The quantitative estimate of drug-likeness (QED) is 0.472. The largest absolute Gasteiger partial charge is 0.463 e. The van der Waals surface area contributed by atoms with Gasteiger partial charge in [-0.1, -0.05) is 0 Å². The van der Waals surface area contributed by atoms with E-state index in [1.54, 1.807) is 0 Å². The van der Waals surface area contributed by atoms with Gasteiger partial charge in [-0.15, -0.1) is 0 Å². The lowest BCUT2D eigenvalue weighted by Crippen LogP contribution is -2.11. The number of hydrogen-bond acceptors (Lipinski definition) is 2. The van der Waals surface area contributed by atoms with Crippen LogP contribution in [0.25, 0.3) is 6.08 Å². The fraction of sp³-hybridized carbons (Fsp3) is 0.308. The number of esters is 1. The van der Waals surface area contributed by atoms with E-state index in [2.05, 4.69) is 4.74 Å². The first-order valence-electron chi connectivity index (χ1n) is 5.69. The summed E-state index contributed by atoms with van der Waals surface area (Å²) in [6, 6.07) is 0.997. The Bertz CT molecular complexity index is 543. The van der Waals surface area contributed by atoms with Crippen molar-refractivity contribution in [2.45, 2.75) is 19.3 Å². The first-order valence-corrected chi connectivity index (χ1v) is 5.69. The van der Waals surface area contributed by atoms with E-state index in [0.717, 1.165) is 0 Å². The van der Waals surface area contributed by atoms with Gasteiger partial charge in [0.2, 0.25) is 0 Å². The predicted molar refractivity (Wildman–Crippen MR) is 62.1 cm³/mol. The number of benzene rings is 1. The topological polar surface area (TPSA) is 26.3 Å². The molecule has 0 bridgehead atoms. The summed E-state index contributed by atoms with van der Waals surface area (Å²) in [4.78, 5) is 11.0. The van der Waals surface area contributed by atoms with Crippen molar-refractivity contribution in [2.24, 2.45) is 0 Å². The van der Waals surface area contributed by atoms with Crippen LogP contribution in [0.4, 0.5) is 26.3 Å². The number of alkyl halides is 6. The fourth-order valence-electron chi connectivity index (χ4n) is 1.48. The minimum atomic E-state index is -4.83. The van der Waals surface area contributed by atoms with Gasteiger partial charge in [-0.25, -0.2) is 4.79 Å². The monoisotopic (exact) mass is 312 g/mol. The zero-order valence-corrected chi connectivity index (χ0v) is 10.7. The molecule has 0 aliphatic rings. The summed E-state index contributed by atoms with van der Waals surface area (Å²) in [5.74, 6) is -0.942. The molecule has 0 amide bonds. The average molecular weight is 312 g/mol. The Balaban J connectivity index is 3.27. The van der Waals surface area contributed by atoms with Crippen molar-refractivity contribution >= 4 is 12.0 Å². The van der Waals surface area contributed by atoms with Gasteiger partial charge >= 0.3 is 18.3 Å². The van der Waals surface area contributed by atoms with E-state index in [0.29, 0.717) is 30.4 Å². The number of halogens is 6. The van der Waals surface area contributed by atoms with Crippen molar-refractivity contribution in [3.8, 4) is 0 Å². The molecule has 0 N–H and O–H groups in total. The molecule has 1 rings (SSSR count). The second kappa shape index (κ2) is 6.19. The van der Waals surface area contributed by atoms with Crippen LogP contribution in [0.1, 0.15) is 23.6 Å². The maximum atomic E-state index is 12.7. The molecule has 0 aromatic heterocycles. The molecule has 1 aromatic carbocycles. The number of rotatable bonds is 3. The zero-order chi connectivity index (χ0) is 16.3. The fourth-order valence-corrected chi connectivity index (χ4v) is 1.48. The molecule has 0 fully saturated rings. The van der Waals surface area contributed by atoms with Gasteiger partial charge in [0, 0.05) is 6.08 Å². The van der Waals surface area contributed by atoms with Crippen molar-refractivity contribution in [3.05, 3.63) is 41.0 Å². The molecule has 21 heavy (non-hydrogen) atoms. The molecule has 0 heterocycles. The lowest BCUT2D eigenvalue weighted by atomic mass is 10.0. The number of carbonyl (C=O) groups excluding carboxylic acids is 1. The lowest BCUT2D eigenvalue weighted by Gasteiger charge is -2.13. The SMILES string of the molecule is CCOC(=O)/C=C/c1cc(C(F)(F)F)ccc1C(F)(F)F. The van der Waals surface area contributed by atoms with Crippen molar-refractivity contribution in [3.63, 3.8) is 0 Å². The second-order valence-corrected chi connectivity index (χ2v) is 3.88. The van der Waals surface area contributed by atoms with Crippen LogP contribution in [0, 0.1) is 0 Å². The van der Waals surface area contributed by atoms with Crippen molar-refractivity contribution in [1.29, 1.82) is 0 Å². The number of hydrogen-bond donors (Lipinski definition) is 0. The van der Waals surface area contributed by atoms with Crippen LogP contribution in [-0.4, -0.2) is 12.6 Å². The van der Waals surface area contributed by atoms with Crippen molar-refractivity contribution in [1.82, 2.24) is 0 Å². The van der Waals surface area contributed by atoms with Crippen LogP contribution in [-0.2, 0) is 21.9 Å². The molecule has 1 aromatic rings. The van der Waals surface area contributed by atoms with Crippen LogP contribution < -0.4 is 0 Å². The van der Waals surface area contributed by atoms with Gasteiger partial charge in [0.05, 0.1) is 17.7 Å².